The summed E-state index contributed by atoms with van der Waals surface area (Å²) in [5, 5.41) is 7.54. The van der Waals surface area contributed by atoms with Gasteiger partial charge in [0.1, 0.15) is 0 Å². The van der Waals surface area contributed by atoms with Crippen LogP contribution in [0, 0.1) is 0 Å². The molecule has 1 amide bonds. The first kappa shape index (κ1) is 24.2. The van der Waals surface area contributed by atoms with Crippen LogP contribution in [-0.4, -0.2) is 58.1 Å². The van der Waals surface area contributed by atoms with Gasteiger partial charge in [0, 0.05) is 65.0 Å². The molecule has 1 aliphatic rings. The van der Waals surface area contributed by atoms with Crippen LogP contribution in [0.5, 0.6) is 0 Å². The molecule has 8 heteroatoms. The molecule has 0 spiro atoms. The standard InChI is InChI=1S/C22H32N6O.HI/c1-4-23-22(26(2)15-18-14-25-27(3)16-18)24-12-7-10-21(29)28-13-11-19-8-5-6-9-20(19)17-28;/h5-6,8-9,14,16H,4,7,10-13,15,17H2,1-3H3,(H,23,24);1H. The van der Waals surface area contributed by atoms with Crippen molar-refractivity contribution in [3.8, 4) is 0 Å². The average Bonchev–Trinajstić information content (AvgIpc) is 3.14. The maximum atomic E-state index is 12.6. The van der Waals surface area contributed by atoms with E-state index in [9.17, 15) is 4.79 Å². The molecule has 0 radical (unpaired) electrons. The van der Waals surface area contributed by atoms with Crippen molar-refractivity contribution in [2.24, 2.45) is 12.0 Å². The van der Waals surface area contributed by atoms with E-state index >= 15 is 0 Å². The van der Waals surface area contributed by atoms with E-state index in [4.69, 9.17) is 4.99 Å². The molecule has 164 valence electrons. The Bertz CT molecular complexity index is 850. The van der Waals surface area contributed by atoms with Gasteiger partial charge in [-0.25, -0.2) is 0 Å². The van der Waals surface area contributed by atoms with E-state index in [1.165, 1.54) is 11.1 Å². The van der Waals surface area contributed by atoms with E-state index in [2.05, 4.69) is 40.4 Å². The van der Waals surface area contributed by atoms with Crippen LogP contribution in [0.4, 0.5) is 0 Å². The first-order valence-corrected chi connectivity index (χ1v) is 10.4. The average molecular weight is 524 g/mol. The maximum Gasteiger partial charge on any atom is 0.222 e. The molecule has 0 fully saturated rings. The summed E-state index contributed by atoms with van der Waals surface area (Å²) in [6.45, 7) is 5.79. The number of carbonyl (C=O) groups excluding carboxylic acids is 1. The van der Waals surface area contributed by atoms with Gasteiger partial charge in [-0.05, 0) is 30.9 Å². The van der Waals surface area contributed by atoms with Crippen molar-refractivity contribution < 1.29 is 4.79 Å². The summed E-state index contributed by atoms with van der Waals surface area (Å²) in [6, 6.07) is 8.41. The lowest BCUT2D eigenvalue weighted by molar-refractivity contribution is -0.132. The molecule has 7 nitrogen and oxygen atoms in total. The summed E-state index contributed by atoms with van der Waals surface area (Å²) in [7, 11) is 3.94. The normalized spacial score (nSPS) is 13.4. The predicted octanol–water partition coefficient (Wildman–Crippen LogP) is 2.80. The van der Waals surface area contributed by atoms with Gasteiger partial charge in [-0.2, -0.15) is 5.10 Å². The molecule has 0 saturated carbocycles. The van der Waals surface area contributed by atoms with E-state index in [-0.39, 0.29) is 29.9 Å². The lowest BCUT2D eigenvalue weighted by Gasteiger charge is -2.29. The van der Waals surface area contributed by atoms with Crippen molar-refractivity contribution in [2.75, 3.05) is 26.7 Å². The first-order chi connectivity index (χ1) is 14.1. The first-order valence-electron chi connectivity index (χ1n) is 10.4. The molecule has 0 unspecified atom stereocenters. The molecule has 1 aliphatic heterocycles. The third-order valence-electron chi connectivity index (χ3n) is 5.17. The van der Waals surface area contributed by atoms with Crippen molar-refractivity contribution in [3.05, 3.63) is 53.3 Å². The fourth-order valence-electron chi connectivity index (χ4n) is 3.65. The zero-order chi connectivity index (χ0) is 20.6. The number of benzene rings is 1. The lowest BCUT2D eigenvalue weighted by atomic mass is 9.99. The number of fused-ring (bicyclic) bond motifs is 1. The second-order valence-corrected chi connectivity index (χ2v) is 7.55. The van der Waals surface area contributed by atoms with Crippen LogP contribution in [0.1, 0.15) is 36.5 Å². The van der Waals surface area contributed by atoms with Crippen LogP contribution in [-0.2, 0) is 31.4 Å². The van der Waals surface area contributed by atoms with E-state index in [0.29, 0.717) is 13.0 Å². The van der Waals surface area contributed by atoms with E-state index < -0.39 is 0 Å². The summed E-state index contributed by atoms with van der Waals surface area (Å²) >= 11 is 0. The molecule has 30 heavy (non-hydrogen) atoms. The van der Waals surface area contributed by atoms with E-state index in [1.54, 1.807) is 4.68 Å². The lowest BCUT2D eigenvalue weighted by Crippen LogP contribution is -2.38. The molecule has 0 saturated heterocycles. The van der Waals surface area contributed by atoms with Gasteiger partial charge < -0.3 is 15.1 Å². The summed E-state index contributed by atoms with van der Waals surface area (Å²) in [4.78, 5) is 21.4. The van der Waals surface area contributed by atoms with Gasteiger partial charge >= 0.3 is 0 Å². The maximum absolute atomic E-state index is 12.6. The van der Waals surface area contributed by atoms with Crippen molar-refractivity contribution in [1.29, 1.82) is 0 Å². The van der Waals surface area contributed by atoms with Crippen LogP contribution >= 0.6 is 24.0 Å². The van der Waals surface area contributed by atoms with Gasteiger partial charge in [0.2, 0.25) is 5.91 Å². The van der Waals surface area contributed by atoms with Crippen molar-refractivity contribution in [1.82, 2.24) is 24.9 Å². The second kappa shape index (κ2) is 11.9. The highest BCUT2D eigenvalue weighted by atomic mass is 127. The number of aryl methyl sites for hydroxylation is 1. The number of nitrogens with zero attached hydrogens (tertiary/aromatic N) is 5. The number of guanidine groups is 1. The van der Waals surface area contributed by atoms with Crippen LogP contribution in [0.3, 0.4) is 0 Å². The Morgan fingerprint density at radius 1 is 1.30 bits per heavy atom. The summed E-state index contributed by atoms with van der Waals surface area (Å²) in [6.07, 6.45) is 6.12. The minimum absolute atomic E-state index is 0. The Hall–Kier alpha value is -2.10. The summed E-state index contributed by atoms with van der Waals surface area (Å²) in [5.41, 5.74) is 3.78. The molecule has 0 aliphatic carbocycles. The number of carbonyl (C=O) groups is 1. The van der Waals surface area contributed by atoms with E-state index in [1.807, 2.05) is 37.5 Å². The van der Waals surface area contributed by atoms with Crippen LogP contribution < -0.4 is 5.32 Å². The number of amides is 1. The highest BCUT2D eigenvalue weighted by molar-refractivity contribution is 14.0. The number of aliphatic imine (C=N–C) groups is 1. The van der Waals surface area contributed by atoms with Gasteiger partial charge in [-0.1, -0.05) is 24.3 Å². The topological polar surface area (TPSA) is 65.8 Å². The molecule has 3 rings (SSSR count). The smallest absolute Gasteiger partial charge is 0.222 e. The molecule has 2 heterocycles. The number of rotatable bonds is 7. The summed E-state index contributed by atoms with van der Waals surface area (Å²) in [5.74, 6) is 1.08. The van der Waals surface area contributed by atoms with Crippen LogP contribution in [0.15, 0.2) is 41.7 Å². The largest absolute Gasteiger partial charge is 0.357 e. The van der Waals surface area contributed by atoms with Gasteiger partial charge in [0.25, 0.3) is 0 Å². The Labute approximate surface area is 196 Å². The molecular weight excluding hydrogens is 491 g/mol. The highest BCUT2D eigenvalue weighted by Gasteiger charge is 2.19. The zero-order valence-electron chi connectivity index (χ0n) is 18.2. The predicted molar refractivity (Wildman–Crippen MR) is 131 cm³/mol. The third-order valence-corrected chi connectivity index (χ3v) is 5.17. The Balaban J connectivity index is 0.00000320. The van der Waals surface area contributed by atoms with Gasteiger partial charge in [-0.15, -0.1) is 24.0 Å². The Morgan fingerprint density at radius 2 is 2.07 bits per heavy atom. The monoisotopic (exact) mass is 524 g/mol. The number of halogens is 1. The van der Waals surface area contributed by atoms with Crippen molar-refractivity contribution >= 4 is 35.8 Å². The number of nitrogens with one attached hydrogen (secondary N) is 1. The number of aromatic nitrogens is 2. The Morgan fingerprint density at radius 3 is 2.77 bits per heavy atom. The van der Waals surface area contributed by atoms with Crippen LogP contribution in [0.25, 0.3) is 0 Å². The molecule has 0 atom stereocenters. The Kier molecular flexibility index (Phi) is 9.61. The van der Waals surface area contributed by atoms with Crippen LogP contribution in [0.2, 0.25) is 0 Å². The molecule has 1 aromatic heterocycles. The molecule has 1 aromatic carbocycles. The van der Waals surface area contributed by atoms with Crippen molar-refractivity contribution in [2.45, 2.75) is 39.3 Å². The van der Waals surface area contributed by atoms with Crippen molar-refractivity contribution in [3.63, 3.8) is 0 Å². The third kappa shape index (κ3) is 6.72. The molecule has 1 N–H and O–H groups in total. The highest BCUT2D eigenvalue weighted by Crippen LogP contribution is 2.19. The fraction of sp³-hybridized carbons (Fsp3) is 0.500. The molecule has 0 bridgehead atoms. The minimum atomic E-state index is 0. The van der Waals surface area contributed by atoms with E-state index in [0.717, 1.165) is 50.5 Å². The summed E-state index contributed by atoms with van der Waals surface area (Å²) < 4.78 is 1.80. The SMILES string of the molecule is CCNC(=NCCCC(=O)N1CCc2ccccc2C1)N(C)Cc1cnn(C)c1.I. The number of hydrogen-bond donors (Lipinski definition) is 1. The molecular formula is C22H33IN6O. The zero-order valence-corrected chi connectivity index (χ0v) is 20.5. The van der Waals surface area contributed by atoms with Gasteiger partial charge in [0.15, 0.2) is 5.96 Å². The molecule has 2 aromatic rings. The van der Waals surface area contributed by atoms with Gasteiger partial charge in [-0.3, -0.25) is 14.5 Å². The fourth-order valence-corrected chi connectivity index (χ4v) is 3.65. The quantitative estimate of drug-likeness (QED) is 0.262. The minimum Gasteiger partial charge on any atom is -0.357 e. The second-order valence-electron chi connectivity index (χ2n) is 7.55. The van der Waals surface area contributed by atoms with Gasteiger partial charge in [0.05, 0.1) is 6.20 Å². The number of hydrogen-bond acceptors (Lipinski definition) is 3.